The van der Waals surface area contributed by atoms with Crippen molar-refractivity contribution >= 4 is 35.8 Å². The SMILES string of the molecule is C=O.CC.CN/C(C)=C/C=C(\C=C\F)n1ccccc1=O.O=C(Nc1ccc(Cl)cc1)N1CCCC1. The van der Waals surface area contributed by atoms with Crippen LogP contribution < -0.4 is 16.2 Å². The van der Waals surface area contributed by atoms with Crippen molar-refractivity contribution in [2.45, 2.75) is 33.6 Å². The zero-order valence-corrected chi connectivity index (χ0v) is 22.1. The van der Waals surface area contributed by atoms with E-state index in [9.17, 15) is 14.0 Å². The summed E-state index contributed by atoms with van der Waals surface area (Å²) in [4.78, 5) is 33.1. The summed E-state index contributed by atoms with van der Waals surface area (Å²) < 4.78 is 13.7. The van der Waals surface area contributed by atoms with Gasteiger partial charge in [0.25, 0.3) is 5.56 Å². The van der Waals surface area contributed by atoms with Crippen LogP contribution in [0.1, 0.15) is 33.6 Å². The monoisotopic (exact) mass is 518 g/mol. The van der Waals surface area contributed by atoms with Crippen molar-refractivity contribution < 1.29 is 14.0 Å². The van der Waals surface area contributed by atoms with E-state index in [2.05, 4.69) is 10.6 Å². The molecule has 1 saturated heterocycles. The van der Waals surface area contributed by atoms with E-state index in [4.69, 9.17) is 16.4 Å². The number of aromatic nitrogens is 1. The van der Waals surface area contributed by atoms with Crippen molar-refractivity contribution in [3.63, 3.8) is 0 Å². The molecular weight excluding hydrogens is 483 g/mol. The molecule has 1 aliphatic heterocycles. The van der Waals surface area contributed by atoms with E-state index in [0.29, 0.717) is 17.0 Å². The zero-order valence-electron chi connectivity index (χ0n) is 21.3. The first kappa shape index (κ1) is 32.4. The fourth-order valence-corrected chi connectivity index (χ4v) is 3.00. The van der Waals surface area contributed by atoms with Gasteiger partial charge in [0.2, 0.25) is 0 Å². The molecule has 2 N–H and O–H groups in total. The van der Waals surface area contributed by atoms with Crippen LogP contribution in [-0.2, 0) is 4.79 Å². The highest BCUT2D eigenvalue weighted by molar-refractivity contribution is 6.30. The van der Waals surface area contributed by atoms with Crippen molar-refractivity contribution in [3.8, 4) is 0 Å². The van der Waals surface area contributed by atoms with Gasteiger partial charge >= 0.3 is 6.03 Å². The van der Waals surface area contributed by atoms with Crippen LogP contribution in [0.5, 0.6) is 0 Å². The Hall–Kier alpha value is -3.65. The van der Waals surface area contributed by atoms with Gasteiger partial charge < -0.3 is 20.3 Å². The molecule has 1 aromatic heterocycles. The van der Waals surface area contributed by atoms with Gasteiger partial charge in [-0.25, -0.2) is 9.18 Å². The Bertz CT molecular complexity index is 1040. The average Bonchev–Trinajstić information content (AvgIpc) is 3.46. The summed E-state index contributed by atoms with van der Waals surface area (Å²) in [5, 5.41) is 6.45. The van der Waals surface area contributed by atoms with Crippen molar-refractivity contribution in [1.29, 1.82) is 0 Å². The molecular formula is C27H36ClFN4O3. The van der Waals surface area contributed by atoms with Crippen LogP contribution in [0.25, 0.3) is 5.70 Å². The van der Waals surface area contributed by atoms with Crippen LogP contribution in [-0.4, -0.2) is 42.4 Å². The van der Waals surface area contributed by atoms with Gasteiger partial charge in [-0.05, 0) is 68.3 Å². The Balaban J connectivity index is 0.000000600. The van der Waals surface area contributed by atoms with Gasteiger partial charge in [0.15, 0.2) is 0 Å². The molecule has 1 fully saturated rings. The highest BCUT2D eigenvalue weighted by Gasteiger charge is 2.17. The number of anilines is 1. The molecule has 196 valence electrons. The summed E-state index contributed by atoms with van der Waals surface area (Å²) in [6, 6.07) is 11.9. The molecule has 0 radical (unpaired) electrons. The van der Waals surface area contributed by atoms with Crippen molar-refractivity contribution in [2.24, 2.45) is 0 Å². The first-order chi connectivity index (χ1) is 17.4. The maximum Gasteiger partial charge on any atom is 0.321 e. The largest absolute Gasteiger partial charge is 0.392 e. The Morgan fingerprint density at radius 3 is 2.19 bits per heavy atom. The molecule has 2 aromatic rings. The van der Waals surface area contributed by atoms with Gasteiger partial charge in [0.1, 0.15) is 6.79 Å². The van der Waals surface area contributed by atoms with Gasteiger partial charge in [0, 0.05) is 48.8 Å². The number of rotatable bonds is 5. The molecule has 3 rings (SSSR count). The number of amides is 2. The van der Waals surface area contributed by atoms with E-state index in [1.54, 1.807) is 61.8 Å². The lowest BCUT2D eigenvalue weighted by Crippen LogP contribution is -2.32. The van der Waals surface area contributed by atoms with E-state index < -0.39 is 0 Å². The summed E-state index contributed by atoms with van der Waals surface area (Å²) in [6.07, 6.45) is 8.89. The van der Waals surface area contributed by atoms with E-state index >= 15 is 0 Å². The topological polar surface area (TPSA) is 83.4 Å². The highest BCUT2D eigenvalue weighted by Crippen LogP contribution is 2.15. The van der Waals surface area contributed by atoms with Gasteiger partial charge in [-0.1, -0.05) is 31.5 Å². The van der Waals surface area contributed by atoms with Crippen molar-refractivity contribution in [2.75, 3.05) is 25.5 Å². The summed E-state index contributed by atoms with van der Waals surface area (Å²) >= 11 is 5.75. The molecule has 9 heteroatoms. The second-order valence-corrected chi connectivity index (χ2v) is 7.46. The molecule has 7 nitrogen and oxygen atoms in total. The van der Waals surface area contributed by atoms with Gasteiger partial charge in [-0.3, -0.25) is 9.36 Å². The minimum absolute atomic E-state index is 0.0187. The van der Waals surface area contributed by atoms with Crippen LogP contribution >= 0.6 is 11.6 Å². The van der Waals surface area contributed by atoms with Crippen LogP contribution in [0.2, 0.25) is 5.02 Å². The van der Waals surface area contributed by atoms with Crippen molar-refractivity contribution in [3.05, 3.63) is 94.3 Å². The molecule has 0 aliphatic carbocycles. The normalized spacial score (nSPS) is 12.9. The molecule has 0 spiro atoms. The number of carbonyl (C=O) groups is 2. The maximum atomic E-state index is 12.3. The fourth-order valence-electron chi connectivity index (χ4n) is 2.87. The first-order valence-electron chi connectivity index (χ1n) is 11.6. The summed E-state index contributed by atoms with van der Waals surface area (Å²) in [5.74, 6) is 0. The zero-order chi connectivity index (χ0) is 27.3. The third kappa shape index (κ3) is 12.2. The Morgan fingerprint density at radius 2 is 1.67 bits per heavy atom. The molecule has 0 bridgehead atoms. The number of halogens is 2. The minimum Gasteiger partial charge on any atom is -0.392 e. The lowest BCUT2D eigenvalue weighted by molar-refractivity contribution is -0.0980. The van der Waals surface area contributed by atoms with E-state index in [0.717, 1.165) is 37.3 Å². The van der Waals surface area contributed by atoms with Crippen LogP contribution in [0, 0.1) is 0 Å². The smallest absolute Gasteiger partial charge is 0.321 e. The Labute approximate surface area is 218 Å². The highest BCUT2D eigenvalue weighted by atomic mass is 35.5. The molecule has 2 heterocycles. The van der Waals surface area contributed by atoms with Gasteiger partial charge in [0.05, 0.1) is 12.0 Å². The number of nitrogens with zero attached hydrogens (tertiary/aromatic N) is 2. The Morgan fingerprint density at radius 1 is 1.06 bits per heavy atom. The molecule has 1 aromatic carbocycles. The number of urea groups is 1. The third-order valence-corrected chi connectivity index (χ3v) is 4.97. The van der Waals surface area contributed by atoms with Crippen LogP contribution in [0.15, 0.2) is 83.7 Å². The predicted octanol–water partition coefficient (Wildman–Crippen LogP) is 6.10. The number of carbonyl (C=O) groups excluding carboxylic acids is 2. The molecule has 1 aliphatic rings. The summed E-state index contributed by atoms with van der Waals surface area (Å²) in [6.45, 7) is 9.60. The summed E-state index contributed by atoms with van der Waals surface area (Å²) in [7, 11) is 1.79. The van der Waals surface area contributed by atoms with E-state index in [1.165, 1.54) is 16.7 Å². The predicted molar refractivity (Wildman–Crippen MR) is 148 cm³/mol. The summed E-state index contributed by atoms with van der Waals surface area (Å²) in [5.41, 5.74) is 1.97. The van der Waals surface area contributed by atoms with Crippen LogP contribution in [0.3, 0.4) is 0 Å². The number of allylic oxidation sites excluding steroid dienone is 5. The van der Waals surface area contributed by atoms with Crippen LogP contribution in [0.4, 0.5) is 14.9 Å². The lowest BCUT2D eigenvalue weighted by atomic mass is 10.3. The fraction of sp³-hybridized carbons (Fsp3) is 0.296. The molecule has 0 atom stereocenters. The van der Waals surface area contributed by atoms with Crippen molar-refractivity contribution in [1.82, 2.24) is 14.8 Å². The average molecular weight is 519 g/mol. The van der Waals surface area contributed by atoms with Gasteiger partial charge in [-0.15, -0.1) is 0 Å². The molecule has 36 heavy (non-hydrogen) atoms. The van der Waals surface area contributed by atoms with E-state index in [1.807, 2.05) is 32.5 Å². The molecule has 0 saturated carbocycles. The number of likely N-dealkylation sites (tertiary alicyclic amines) is 1. The molecule has 0 unspecified atom stereocenters. The number of pyridine rings is 1. The lowest BCUT2D eigenvalue weighted by Gasteiger charge is -2.16. The standard InChI is InChI=1S/C13H15FN2O.C11H13ClN2O.C2H6.CH2O/c1-11(15-2)6-7-12(8-9-14)16-10-4-3-5-13(16)17;12-9-3-5-10(6-4-9)13-11(15)14-7-1-2-8-14;2*1-2/h3-10,15H,1-2H3;3-6H,1-2,7-8H2,(H,13,15);1-2H3;1H2/b9-8+,11-6+,12-7+;;;. The first-order valence-corrected chi connectivity index (χ1v) is 11.9. The minimum atomic E-state index is -0.202. The number of nitrogens with one attached hydrogen (secondary N) is 2. The van der Waals surface area contributed by atoms with E-state index in [-0.39, 0.29) is 11.6 Å². The quantitative estimate of drug-likeness (QED) is 0.468. The number of hydrogen-bond acceptors (Lipinski definition) is 4. The maximum absolute atomic E-state index is 12.3. The number of hydrogen-bond donors (Lipinski definition) is 2. The molecule has 2 amide bonds. The number of benzene rings is 1. The Kier molecular flexibility index (Phi) is 17.6. The second-order valence-electron chi connectivity index (χ2n) is 7.02. The third-order valence-electron chi connectivity index (χ3n) is 4.72. The second kappa shape index (κ2) is 19.6. The van der Waals surface area contributed by atoms with Gasteiger partial charge in [-0.2, -0.15) is 0 Å².